The first-order valence-electron chi connectivity index (χ1n) is 7.25. The van der Waals surface area contributed by atoms with E-state index in [1.165, 1.54) is 12.1 Å². The van der Waals surface area contributed by atoms with Gasteiger partial charge in [-0.3, -0.25) is 4.79 Å². The number of halogens is 3. The molecule has 4 nitrogen and oxygen atoms in total. The Morgan fingerprint density at radius 3 is 2.68 bits per heavy atom. The molecule has 0 spiro atoms. The highest BCUT2D eigenvalue weighted by molar-refractivity contribution is 14.1. The number of nitrogens with one attached hydrogen (secondary N) is 1. The van der Waals surface area contributed by atoms with Gasteiger partial charge in [-0.05, 0) is 71.5 Å². The molecule has 0 atom stereocenters. The zero-order chi connectivity index (χ0) is 18.4. The standard InChI is InChI=1S/C18H13Cl2IN2O2/c1-2-25-17-6-3-11(8-15(17)21)7-12(10-22)18(24)23-16-5-4-13(19)9-14(16)20/h3-9H,2H2,1H3,(H,23,24)/b12-7+. The minimum Gasteiger partial charge on any atom is -0.493 e. The number of amides is 1. The summed E-state index contributed by atoms with van der Waals surface area (Å²) in [5, 5.41) is 12.7. The molecule has 0 aromatic heterocycles. The van der Waals surface area contributed by atoms with E-state index in [1.54, 1.807) is 24.3 Å². The lowest BCUT2D eigenvalue weighted by Gasteiger charge is -2.08. The Morgan fingerprint density at radius 1 is 1.32 bits per heavy atom. The Balaban J connectivity index is 2.23. The van der Waals surface area contributed by atoms with Crippen molar-refractivity contribution in [1.29, 1.82) is 5.26 Å². The average Bonchev–Trinajstić information content (AvgIpc) is 2.57. The van der Waals surface area contributed by atoms with Crippen molar-refractivity contribution >= 4 is 63.5 Å². The molecule has 0 unspecified atom stereocenters. The van der Waals surface area contributed by atoms with E-state index in [4.69, 9.17) is 27.9 Å². The van der Waals surface area contributed by atoms with Gasteiger partial charge in [-0.25, -0.2) is 0 Å². The summed E-state index contributed by atoms with van der Waals surface area (Å²) in [7, 11) is 0. The molecule has 0 saturated heterocycles. The van der Waals surface area contributed by atoms with Gasteiger partial charge in [0.1, 0.15) is 17.4 Å². The number of hydrogen-bond donors (Lipinski definition) is 1. The summed E-state index contributed by atoms with van der Waals surface area (Å²) in [6.07, 6.45) is 1.51. The minimum atomic E-state index is -0.546. The van der Waals surface area contributed by atoms with E-state index in [-0.39, 0.29) is 5.57 Å². The third-order valence-corrected chi connectivity index (χ3v) is 4.50. The summed E-state index contributed by atoms with van der Waals surface area (Å²) < 4.78 is 6.37. The fourth-order valence-electron chi connectivity index (χ4n) is 1.98. The summed E-state index contributed by atoms with van der Waals surface area (Å²) in [5.41, 5.74) is 1.08. The van der Waals surface area contributed by atoms with Crippen molar-refractivity contribution in [2.45, 2.75) is 6.92 Å². The van der Waals surface area contributed by atoms with Gasteiger partial charge in [0.05, 0.1) is 20.9 Å². The first kappa shape index (κ1) is 19.6. The van der Waals surface area contributed by atoms with Crippen molar-refractivity contribution in [3.63, 3.8) is 0 Å². The van der Waals surface area contributed by atoms with E-state index in [0.717, 1.165) is 14.9 Å². The number of carbonyl (C=O) groups is 1. The smallest absolute Gasteiger partial charge is 0.266 e. The molecule has 2 aromatic carbocycles. The fourth-order valence-corrected chi connectivity index (χ4v) is 3.13. The zero-order valence-electron chi connectivity index (χ0n) is 13.1. The van der Waals surface area contributed by atoms with Crippen molar-refractivity contribution in [1.82, 2.24) is 0 Å². The number of ether oxygens (including phenoxy) is 1. The molecule has 0 radical (unpaired) electrons. The van der Waals surface area contributed by atoms with E-state index in [2.05, 4.69) is 27.9 Å². The van der Waals surface area contributed by atoms with Crippen LogP contribution >= 0.6 is 45.8 Å². The highest BCUT2D eigenvalue weighted by Crippen LogP contribution is 2.26. The van der Waals surface area contributed by atoms with Crippen LogP contribution in [-0.2, 0) is 4.79 Å². The monoisotopic (exact) mass is 486 g/mol. The van der Waals surface area contributed by atoms with E-state index in [9.17, 15) is 10.1 Å². The van der Waals surface area contributed by atoms with Crippen molar-refractivity contribution in [2.75, 3.05) is 11.9 Å². The van der Waals surface area contributed by atoms with Crippen molar-refractivity contribution in [3.8, 4) is 11.8 Å². The number of benzene rings is 2. The number of rotatable bonds is 5. The predicted octanol–water partition coefficient (Wildman–Crippen LogP) is 5.54. The zero-order valence-corrected chi connectivity index (χ0v) is 16.8. The van der Waals surface area contributed by atoms with Crippen molar-refractivity contribution in [2.24, 2.45) is 0 Å². The van der Waals surface area contributed by atoms with Crippen LogP contribution in [0.3, 0.4) is 0 Å². The Morgan fingerprint density at radius 2 is 2.08 bits per heavy atom. The molecule has 7 heteroatoms. The van der Waals surface area contributed by atoms with Crippen LogP contribution in [0.1, 0.15) is 12.5 Å². The number of carbonyl (C=O) groups excluding carboxylic acids is 1. The third-order valence-electron chi connectivity index (χ3n) is 3.11. The van der Waals surface area contributed by atoms with Gasteiger partial charge in [0.15, 0.2) is 0 Å². The molecule has 25 heavy (non-hydrogen) atoms. The van der Waals surface area contributed by atoms with Gasteiger partial charge in [0.2, 0.25) is 0 Å². The summed E-state index contributed by atoms with van der Waals surface area (Å²) >= 11 is 14.0. The van der Waals surface area contributed by atoms with Gasteiger partial charge in [-0.1, -0.05) is 29.3 Å². The molecular formula is C18H13Cl2IN2O2. The highest BCUT2D eigenvalue weighted by atomic mass is 127. The van der Waals surface area contributed by atoms with E-state index < -0.39 is 5.91 Å². The molecule has 0 aliphatic carbocycles. The minimum absolute atomic E-state index is 0.0361. The van der Waals surface area contributed by atoms with E-state index in [1.807, 2.05) is 19.1 Å². The summed E-state index contributed by atoms with van der Waals surface area (Å²) in [5.74, 6) is 0.215. The second kappa shape index (κ2) is 9.09. The maximum atomic E-state index is 12.3. The first-order valence-corrected chi connectivity index (χ1v) is 9.08. The Hall–Kier alpha value is -1.75. The molecule has 0 bridgehead atoms. The molecule has 2 aromatic rings. The van der Waals surface area contributed by atoms with Gasteiger partial charge >= 0.3 is 0 Å². The van der Waals surface area contributed by atoms with Crippen LogP contribution in [0.2, 0.25) is 10.0 Å². The summed E-state index contributed by atoms with van der Waals surface area (Å²) in [4.78, 5) is 12.3. The van der Waals surface area contributed by atoms with Crippen molar-refractivity contribution < 1.29 is 9.53 Å². The van der Waals surface area contributed by atoms with Gasteiger partial charge in [0.25, 0.3) is 5.91 Å². The van der Waals surface area contributed by atoms with Gasteiger partial charge in [-0.2, -0.15) is 5.26 Å². The van der Waals surface area contributed by atoms with E-state index >= 15 is 0 Å². The lowest BCUT2D eigenvalue weighted by molar-refractivity contribution is -0.112. The molecule has 1 N–H and O–H groups in total. The molecule has 0 saturated carbocycles. The van der Waals surface area contributed by atoms with Crippen LogP contribution in [0, 0.1) is 14.9 Å². The number of nitriles is 1. The average molecular weight is 487 g/mol. The lowest BCUT2D eigenvalue weighted by atomic mass is 10.1. The summed E-state index contributed by atoms with van der Waals surface area (Å²) in [6.45, 7) is 2.48. The summed E-state index contributed by atoms with van der Waals surface area (Å²) in [6, 6.07) is 12.0. The molecule has 0 heterocycles. The van der Waals surface area contributed by atoms with Gasteiger partial charge in [-0.15, -0.1) is 0 Å². The maximum absolute atomic E-state index is 12.3. The first-order chi connectivity index (χ1) is 11.9. The number of anilines is 1. The van der Waals surface area contributed by atoms with Crippen LogP contribution in [0.4, 0.5) is 5.69 Å². The van der Waals surface area contributed by atoms with Gasteiger partial charge in [0, 0.05) is 5.02 Å². The Labute approximate surface area is 169 Å². The molecule has 2 rings (SSSR count). The molecule has 1 amide bonds. The number of nitrogens with zero attached hydrogens (tertiary/aromatic N) is 1. The molecule has 0 aliphatic heterocycles. The molecule has 128 valence electrons. The van der Waals surface area contributed by atoms with Crippen LogP contribution in [0.25, 0.3) is 6.08 Å². The largest absolute Gasteiger partial charge is 0.493 e. The van der Waals surface area contributed by atoms with Gasteiger partial charge < -0.3 is 10.1 Å². The third kappa shape index (κ3) is 5.36. The van der Waals surface area contributed by atoms with Crippen LogP contribution in [0.5, 0.6) is 5.75 Å². The maximum Gasteiger partial charge on any atom is 0.266 e. The quantitative estimate of drug-likeness (QED) is 0.342. The Kier molecular flexibility index (Phi) is 7.12. The van der Waals surface area contributed by atoms with E-state index in [0.29, 0.717) is 22.3 Å². The second-order valence-electron chi connectivity index (χ2n) is 4.87. The fraction of sp³-hybridized carbons (Fsp3) is 0.111. The molecule has 0 fully saturated rings. The van der Waals surface area contributed by atoms with Crippen molar-refractivity contribution in [3.05, 3.63) is 61.2 Å². The van der Waals surface area contributed by atoms with Crippen LogP contribution in [-0.4, -0.2) is 12.5 Å². The molecular weight excluding hydrogens is 474 g/mol. The topological polar surface area (TPSA) is 62.1 Å². The predicted molar refractivity (Wildman–Crippen MR) is 109 cm³/mol. The van der Waals surface area contributed by atoms with Crippen LogP contribution in [0.15, 0.2) is 42.0 Å². The number of hydrogen-bond acceptors (Lipinski definition) is 3. The normalized spacial score (nSPS) is 10.9. The lowest BCUT2D eigenvalue weighted by Crippen LogP contribution is -2.13. The Bertz CT molecular complexity index is 876. The second-order valence-corrected chi connectivity index (χ2v) is 6.88. The molecule has 0 aliphatic rings. The SMILES string of the molecule is CCOc1ccc(/C=C(\C#N)C(=O)Nc2ccc(Cl)cc2Cl)cc1I. The highest BCUT2D eigenvalue weighted by Gasteiger charge is 2.12. The van der Waals surface area contributed by atoms with Crippen LogP contribution < -0.4 is 10.1 Å².